The van der Waals surface area contributed by atoms with Gasteiger partial charge in [0.2, 0.25) is 17.7 Å². The molecule has 0 fully saturated rings. The average molecular weight is 524 g/mol. The van der Waals surface area contributed by atoms with Gasteiger partial charge in [-0.15, -0.1) is 0 Å². The first-order valence-corrected chi connectivity index (χ1v) is 11.5. The number of amides is 3. The van der Waals surface area contributed by atoms with Crippen molar-refractivity contribution in [2.24, 2.45) is 11.5 Å². The van der Waals surface area contributed by atoms with E-state index in [-0.39, 0.29) is 12.8 Å². The van der Waals surface area contributed by atoms with Gasteiger partial charge in [0, 0.05) is 6.42 Å². The van der Waals surface area contributed by atoms with Gasteiger partial charge < -0.3 is 42.7 Å². The molecule has 0 saturated carbocycles. The molecule has 3 amide bonds. The Morgan fingerprint density at radius 2 is 1.22 bits per heavy atom. The molecular formula is C23H33N5O9. The van der Waals surface area contributed by atoms with Gasteiger partial charge in [-0.1, -0.05) is 36.8 Å². The number of aliphatic carboxylic acids is 3. The van der Waals surface area contributed by atoms with Crippen LogP contribution in [0.25, 0.3) is 0 Å². The van der Waals surface area contributed by atoms with E-state index in [1.54, 1.807) is 30.3 Å². The number of carboxylic acids is 3. The van der Waals surface area contributed by atoms with Crippen molar-refractivity contribution >= 4 is 35.6 Å². The fourth-order valence-electron chi connectivity index (χ4n) is 3.28. The van der Waals surface area contributed by atoms with E-state index >= 15 is 0 Å². The number of nitrogens with one attached hydrogen (secondary N) is 3. The fraction of sp³-hybridized carbons (Fsp3) is 0.478. The van der Waals surface area contributed by atoms with Crippen LogP contribution in [0.1, 0.15) is 37.7 Å². The molecule has 0 spiro atoms. The lowest BCUT2D eigenvalue weighted by atomic mass is 10.0. The summed E-state index contributed by atoms with van der Waals surface area (Å²) in [7, 11) is 0. The molecule has 14 heteroatoms. The Bertz CT molecular complexity index is 957. The van der Waals surface area contributed by atoms with Crippen molar-refractivity contribution in [1.82, 2.24) is 16.0 Å². The summed E-state index contributed by atoms with van der Waals surface area (Å²) in [6, 6.07) is 2.41. The third kappa shape index (κ3) is 12.0. The van der Waals surface area contributed by atoms with Crippen LogP contribution < -0.4 is 27.4 Å². The smallest absolute Gasteiger partial charge is 0.326 e. The molecule has 0 bridgehead atoms. The van der Waals surface area contributed by atoms with Gasteiger partial charge in [-0.3, -0.25) is 24.0 Å². The van der Waals surface area contributed by atoms with Crippen LogP contribution in [0, 0.1) is 0 Å². The molecule has 0 heterocycles. The van der Waals surface area contributed by atoms with Crippen molar-refractivity contribution in [2.75, 3.05) is 6.54 Å². The number of carboxylic acid groups (broad SMARTS) is 3. The molecule has 4 unspecified atom stereocenters. The molecule has 0 aliphatic rings. The number of unbranched alkanes of at least 4 members (excludes halogenated alkanes) is 1. The number of carbonyl (C=O) groups is 6. The second-order valence-electron chi connectivity index (χ2n) is 8.30. The maximum Gasteiger partial charge on any atom is 0.326 e. The monoisotopic (exact) mass is 523 g/mol. The van der Waals surface area contributed by atoms with E-state index < -0.39 is 72.6 Å². The number of hydrogen-bond donors (Lipinski definition) is 8. The number of carbonyl (C=O) groups excluding carboxylic acids is 3. The Kier molecular flexibility index (Phi) is 13.3. The van der Waals surface area contributed by atoms with Crippen molar-refractivity contribution in [2.45, 2.75) is 62.7 Å². The standard InChI is InChI=1S/C23H33N5O9/c24-9-5-4-8-14(25)20(33)26-15(11-18(29)30)21(34)27-16(12-19(31)32)22(35)28-17(23(36)37)10-13-6-2-1-3-7-13/h1-3,6-7,14-17H,4-5,8-12,24-25H2,(H,26,33)(H,27,34)(H,28,35)(H,29,30)(H,31,32)(H,36,37). The summed E-state index contributed by atoms with van der Waals surface area (Å²) in [5.74, 6) is -7.41. The highest BCUT2D eigenvalue weighted by atomic mass is 16.4. The molecule has 0 radical (unpaired) electrons. The Balaban J connectivity index is 2.97. The summed E-state index contributed by atoms with van der Waals surface area (Å²) in [4.78, 5) is 72.1. The Hall–Kier alpha value is -4.04. The van der Waals surface area contributed by atoms with Crippen LogP contribution in [0.5, 0.6) is 0 Å². The highest BCUT2D eigenvalue weighted by Crippen LogP contribution is 2.06. The summed E-state index contributed by atoms with van der Waals surface area (Å²) >= 11 is 0. The molecule has 1 rings (SSSR count). The normalized spacial score (nSPS) is 13.9. The zero-order valence-electron chi connectivity index (χ0n) is 20.1. The van der Waals surface area contributed by atoms with Crippen LogP contribution in [0.3, 0.4) is 0 Å². The van der Waals surface area contributed by atoms with Gasteiger partial charge >= 0.3 is 17.9 Å². The van der Waals surface area contributed by atoms with E-state index in [2.05, 4.69) is 16.0 Å². The van der Waals surface area contributed by atoms with Gasteiger partial charge in [-0.05, 0) is 24.9 Å². The largest absolute Gasteiger partial charge is 0.481 e. The number of benzene rings is 1. The van der Waals surface area contributed by atoms with Gasteiger partial charge in [-0.25, -0.2) is 4.79 Å². The minimum absolute atomic E-state index is 0.116. The average Bonchev–Trinajstić information content (AvgIpc) is 2.82. The van der Waals surface area contributed by atoms with Gasteiger partial charge in [0.05, 0.1) is 18.9 Å². The molecular weight excluding hydrogens is 490 g/mol. The summed E-state index contributed by atoms with van der Waals surface area (Å²) in [5.41, 5.74) is 11.7. The second kappa shape index (κ2) is 15.9. The fourth-order valence-corrected chi connectivity index (χ4v) is 3.28. The molecule has 10 N–H and O–H groups in total. The maximum atomic E-state index is 12.8. The second-order valence-corrected chi connectivity index (χ2v) is 8.30. The minimum atomic E-state index is -1.76. The number of rotatable bonds is 17. The lowest BCUT2D eigenvalue weighted by molar-refractivity contribution is -0.145. The number of nitrogens with two attached hydrogens (primary N) is 2. The van der Waals surface area contributed by atoms with Crippen LogP contribution in [-0.4, -0.2) is 81.7 Å². The predicted octanol–water partition coefficient (Wildman–Crippen LogP) is -1.83. The highest BCUT2D eigenvalue weighted by Gasteiger charge is 2.32. The SMILES string of the molecule is NCCCCC(N)C(=O)NC(CC(=O)O)C(=O)NC(CC(=O)O)C(=O)NC(Cc1ccccc1)C(=O)O. The van der Waals surface area contributed by atoms with Gasteiger partial charge in [-0.2, -0.15) is 0 Å². The van der Waals surface area contributed by atoms with Crippen molar-refractivity contribution in [3.05, 3.63) is 35.9 Å². The lowest BCUT2D eigenvalue weighted by Gasteiger charge is -2.24. The topological polar surface area (TPSA) is 251 Å². The van der Waals surface area contributed by atoms with Gasteiger partial charge in [0.15, 0.2) is 0 Å². The van der Waals surface area contributed by atoms with Crippen LogP contribution in [0.4, 0.5) is 0 Å². The summed E-state index contributed by atoms with van der Waals surface area (Å²) < 4.78 is 0. The third-order valence-electron chi connectivity index (χ3n) is 5.23. The van der Waals surface area contributed by atoms with Crippen molar-refractivity contribution in [1.29, 1.82) is 0 Å². The van der Waals surface area contributed by atoms with E-state index in [1.807, 2.05) is 0 Å². The van der Waals surface area contributed by atoms with Crippen molar-refractivity contribution in [3.8, 4) is 0 Å². The Labute approximate surface area is 212 Å². The summed E-state index contributed by atoms with van der Waals surface area (Å²) in [6.45, 7) is 0.388. The molecule has 204 valence electrons. The van der Waals surface area contributed by atoms with E-state index in [4.69, 9.17) is 16.6 Å². The minimum Gasteiger partial charge on any atom is -0.481 e. The molecule has 0 saturated heterocycles. The van der Waals surface area contributed by atoms with E-state index in [9.17, 15) is 39.0 Å². The number of hydrogen-bond acceptors (Lipinski definition) is 8. The van der Waals surface area contributed by atoms with Crippen LogP contribution >= 0.6 is 0 Å². The van der Waals surface area contributed by atoms with Crippen LogP contribution in [0.15, 0.2) is 30.3 Å². The first-order valence-electron chi connectivity index (χ1n) is 11.5. The van der Waals surface area contributed by atoms with E-state index in [0.717, 1.165) is 0 Å². The maximum absolute atomic E-state index is 12.8. The molecule has 0 aliphatic carbocycles. The van der Waals surface area contributed by atoms with Crippen LogP contribution in [0.2, 0.25) is 0 Å². The van der Waals surface area contributed by atoms with Gasteiger partial charge in [0.25, 0.3) is 0 Å². The van der Waals surface area contributed by atoms with Crippen LogP contribution in [-0.2, 0) is 35.2 Å². The molecule has 1 aromatic carbocycles. The molecule has 1 aromatic rings. The lowest BCUT2D eigenvalue weighted by Crippen LogP contribution is -2.58. The molecule has 37 heavy (non-hydrogen) atoms. The quantitative estimate of drug-likeness (QED) is 0.105. The van der Waals surface area contributed by atoms with Crippen molar-refractivity contribution in [3.63, 3.8) is 0 Å². The first-order chi connectivity index (χ1) is 17.4. The van der Waals surface area contributed by atoms with E-state index in [0.29, 0.717) is 24.9 Å². The Morgan fingerprint density at radius 1 is 0.730 bits per heavy atom. The third-order valence-corrected chi connectivity index (χ3v) is 5.23. The molecule has 0 aromatic heterocycles. The predicted molar refractivity (Wildman–Crippen MR) is 129 cm³/mol. The molecule has 4 atom stereocenters. The zero-order chi connectivity index (χ0) is 28.0. The molecule has 0 aliphatic heterocycles. The highest BCUT2D eigenvalue weighted by molar-refractivity contribution is 5.96. The summed E-state index contributed by atoms with van der Waals surface area (Å²) in [6.07, 6.45) is -0.563. The van der Waals surface area contributed by atoms with Gasteiger partial charge in [0.1, 0.15) is 18.1 Å². The zero-order valence-corrected chi connectivity index (χ0v) is 20.1. The summed E-state index contributed by atoms with van der Waals surface area (Å²) in [5, 5.41) is 34.3. The first kappa shape index (κ1) is 31.0. The van der Waals surface area contributed by atoms with E-state index in [1.165, 1.54) is 0 Å². The Morgan fingerprint density at radius 3 is 1.68 bits per heavy atom. The van der Waals surface area contributed by atoms with Crippen molar-refractivity contribution < 1.29 is 44.1 Å². The molecule has 14 nitrogen and oxygen atoms in total.